The third-order valence-corrected chi connectivity index (χ3v) is 1.98. The van der Waals surface area contributed by atoms with Crippen molar-refractivity contribution in [2.24, 2.45) is 27.4 Å². The SMILES string of the molecule is Cl.NCC1=CN=C2N=C(N)NC(=O)C12. The van der Waals surface area contributed by atoms with Gasteiger partial charge in [-0.1, -0.05) is 0 Å². The largest absolute Gasteiger partial charge is 0.369 e. The number of nitrogens with zero attached hydrogens (tertiary/aromatic N) is 2. The molecule has 1 atom stereocenters. The predicted molar refractivity (Wildman–Crippen MR) is 55.1 cm³/mol. The molecule has 2 heterocycles. The Labute approximate surface area is 86.6 Å². The van der Waals surface area contributed by atoms with Gasteiger partial charge in [-0.25, -0.2) is 4.99 Å². The number of amidine groups is 1. The van der Waals surface area contributed by atoms with Gasteiger partial charge in [0.25, 0.3) is 0 Å². The van der Waals surface area contributed by atoms with Crippen LogP contribution in [0.2, 0.25) is 0 Å². The zero-order valence-electron chi connectivity index (χ0n) is 7.23. The van der Waals surface area contributed by atoms with Crippen molar-refractivity contribution in [2.75, 3.05) is 6.54 Å². The molecule has 5 N–H and O–H groups in total. The molecule has 0 radical (unpaired) electrons. The van der Waals surface area contributed by atoms with Crippen molar-refractivity contribution in [1.82, 2.24) is 5.32 Å². The number of carbonyl (C=O) groups excluding carboxylic acids is 1. The third kappa shape index (κ3) is 1.49. The van der Waals surface area contributed by atoms with Gasteiger partial charge in [-0.2, -0.15) is 4.99 Å². The highest BCUT2D eigenvalue weighted by Crippen LogP contribution is 2.21. The first-order valence-electron chi connectivity index (χ1n) is 3.84. The summed E-state index contributed by atoms with van der Waals surface area (Å²) < 4.78 is 0. The van der Waals surface area contributed by atoms with Gasteiger partial charge >= 0.3 is 0 Å². The molecule has 1 amide bonds. The minimum absolute atomic E-state index is 0. The Morgan fingerprint density at radius 3 is 2.93 bits per heavy atom. The Balaban J connectivity index is 0.000000980. The highest BCUT2D eigenvalue weighted by atomic mass is 35.5. The van der Waals surface area contributed by atoms with Crippen LogP contribution in [0, 0.1) is 5.92 Å². The number of rotatable bonds is 1. The third-order valence-electron chi connectivity index (χ3n) is 1.98. The van der Waals surface area contributed by atoms with E-state index in [1.807, 2.05) is 0 Å². The van der Waals surface area contributed by atoms with Crippen LogP contribution in [-0.2, 0) is 4.79 Å². The number of guanidine groups is 1. The smallest absolute Gasteiger partial charge is 0.241 e. The molecule has 6 nitrogen and oxygen atoms in total. The molecular weight excluding hydrogens is 206 g/mol. The van der Waals surface area contributed by atoms with Gasteiger partial charge in [0.15, 0.2) is 0 Å². The lowest BCUT2D eigenvalue weighted by atomic mass is 9.99. The summed E-state index contributed by atoms with van der Waals surface area (Å²) in [6, 6.07) is 0. The summed E-state index contributed by atoms with van der Waals surface area (Å²) in [6.45, 7) is 0.306. The molecule has 14 heavy (non-hydrogen) atoms. The number of nitrogens with one attached hydrogen (secondary N) is 1. The second-order valence-electron chi connectivity index (χ2n) is 2.81. The molecule has 0 spiro atoms. The molecule has 7 heteroatoms. The fraction of sp³-hybridized carbons (Fsp3) is 0.286. The second kappa shape index (κ2) is 3.77. The van der Waals surface area contributed by atoms with Crippen molar-refractivity contribution in [2.45, 2.75) is 0 Å². The van der Waals surface area contributed by atoms with Gasteiger partial charge in [0, 0.05) is 12.7 Å². The van der Waals surface area contributed by atoms with E-state index in [0.717, 1.165) is 5.57 Å². The Bertz CT molecular complexity index is 359. The standard InChI is InChI=1S/C7H9N5O.ClH/c8-1-3-2-10-5-4(3)6(13)12-7(9)11-5;/h2,4H,1,8H2,(H3,9,10,11,12,13);1H. The Hall–Kier alpha value is -1.40. The zero-order valence-corrected chi connectivity index (χ0v) is 8.04. The summed E-state index contributed by atoms with van der Waals surface area (Å²) >= 11 is 0. The van der Waals surface area contributed by atoms with Crippen molar-refractivity contribution in [1.29, 1.82) is 0 Å². The number of carbonyl (C=O) groups is 1. The van der Waals surface area contributed by atoms with Crippen LogP contribution in [0.3, 0.4) is 0 Å². The Morgan fingerprint density at radius 2 is 2.29 bits per heavy atom. The minimum Gasteiger partial charge on any atom is -0.369 e. The maximum absolute atomic E-state index is 11.4. The minimum atomic E-state index is -0.433. The molecule has 76 valence electrons. The number of amides is 1. The molecule has 2 rings (SSSR count). The van der Waals surface area contributed by atoms with Crippen LogP contribution in [-0.4, -0.2) is 24.2 Å². The molecule has 2 aliphatic rings. The average molecular weight is 216 g/mol. The predicted octanol–water partition coefficient (Wildman–Crippen LogP) is -1.28. The molecule has 0 aromatic carbocycles. The van der Waals surface area contributed by atoms with E-state index in [4.69, 9.17) is 11.5 Å². The van der Waals surface area contributed by atoms with Crippen LogP contribution < -0.4 is 16.8 Å². The van der Waals surface area contributed by atoms with E-state index in [1.165, 1.54) is 0 Å². The monoisotopic (exact) mass is 215 g/mol. The molecule has 0 saturated heterocycles. The summed E-state index contributed by atoms with van der Waals surface area (Å²) in [5.41, 5.74) is 11.6. The normalized spacial score (nSPS) is 23.9. The van der Waals surface area contributed by atoms with Crippen molar-refractivity contribution >= 4 is 30.1 Å². The van der Waals surface area contributed by atoms with Gasteiger partial charge in [-0.3, -0.25) is 10.1 Å². The second-order valence-corrected chi connectivity index (χ2v) is 2.81. The van der Waals surface area contributed by atoms with Crippen molar-refractivity contribution < 1.29 is 4.79 Å². The highest BCUT2D eigenvalue weighted by molar-refractivity contribution is 6.19. The van der Waals surface area contributed by atoms with Gasteiger partial charge in [-0.15, -0.1) is 12.4 Å². The summed E-state index contributed by atoms with van der Waals surface area (Å²) in [5, 5.41) is 2.43. The van der Waals surface area contributed by atoms with Crippen molar-refractivity contribution in [3.8, 4) is 0 Å². The summed E-state index contributed by atoms with van der Waals surface area (Å²) in [5.74, 6) is -0.119. The van der Waals surface area contributed by atoms with Crippen molar-refractivity contribution in [3.63, 3.8) is 0 Å². The Kier molecular flexibility index (Phi) is 2.87. The summed E-state index contributed by atoms with van der Waals surface area (Å²) in [7, 11) is 0. The highest BCUT2D eigenvalue weighted by Gasteiger charge is 2.34. The summed E-state index contributed by atoms with van der Waals surface area (Å²) in [4.78, 5) is 19.3. The number of nitrogens with two attached hydrogens (primary N) is 2. The van der Waals surface area contributed by atoms with Gasteiger partial charge in [0.05, 0.1) is 0 Å². The van der Waals surface area contributed by atoms with Gasteiger partial charge in [0.2, 0.25) is 11.9 Å². The lowest BCUT2D eigenvalue weighted by Crippen LogP contribution is -2.47. The van der Waals surface area contributed by atoms with Crippen LogP contribution in [0.5, 0.6) is 0 Å². The van der Waals surface area contributed by atoms with E-state index >= 15 is 0 Å². The lowest BCUT2D eigenvalue weighted by Gasteiger charge is -2.18. The molecule has 0 aliphatic carbocycles. The van der Waals surface area contributed by atoms with Crippen LogP contribution >= 0.6 is 12.4 Å². The molecule has 0 saturated carbocycles. The number of aliphatic imine (C=N–C) groups is 2. The summed E-state index contributed by atoms with van der Waals surface area (Å²) in [6.07, 6.45) is 1.57. The van der Waals surface area contributed by atoms with E-state index in [2.05, 4.69) is 15.3 Å². The topological polar surface area (TPSA) is 106 Å². The fourth-order valence-electron chi connectivity index (χ4n) is 1.36. The zero-order chi connectivity index (χ0) is 9.42. The Morgan fingerprint density at radius 1 is 1.57 bits per heavy atom. The van der Waals surface area contributed by atoms with Gasteiger partial charge in [0.1, 0.15) is 11.8 Å². The van der Waals surface area contributed by atoms with E-state index in [9.17, 15) is 4.79 Å². The molecule has 0 aromatic heterocycles. The molecule has 1 unspecified atom stereocenters. The first kappa shape index (κ1) is 10.7. The first-order valence-corrected chi connectivity index (χ1v) is 3.84. The lowest BCUT2D eigenvalue weighted by molar-refractivity contribution is -0.120. The number of halogens is 1. The van der Waals surface area contributed by atoms with Gasteiger partial charge < -0.3 is 11.5 Å². The molecule has 2 aliphatic heterocycles. The van der Waals surface area contributed by atoms with Crippen LogP contribution in [0.15, 0.2) is 21.8 Å². The van der Waals surface area contributed by atoms with Crippen molar-refractivity contribution in [3.05, 3.63) is 11.8 Å². The molecule has 0 bridgehead atoms. The number of hydrogen-bond acceptors (Lipinski definition) is 5. The van der Waals surface area contributed by atoms with Crippen LogP contribution in [0.4, 0.5) is 0 Å². The number of hydrogen-bond donors (Lipinski definition) is 3. The van der Waals surface area contributed by atoms with E-state index in [-0.39, 0.29) is 24.3 Å². The quantitative estimate of drug-likeness (QED) is 0.507. The van der Waals surface area contributed by atoms with E-state index < -0.39 is 5.92 Å². The maximum atomic E-state index is 11.4. The number of fused-ring (bicyclic) bond motifs is 1. The average Bonchev–Trinajstić information content (AvgIpc) is 2.47. The van der Waals surface area contributed by atoms with Gasteiger partial charge in [-0.05, 0) is 5.57 Å². The van der Waals surface area contributed by atoms with E-state index in [1.54, 1.807) is 6.20 Å². The molecular formula is C7H10ClN5O. The fourth-order valence-corrected chi connectivity index (χ4v) is 1.36. The maximum Gasteiger partial charge on any atom is 0.241 e. The van der Waals surface area contributed by atoms with E-state index in [0.29, 0.717) is 12.4 Å². The molecule has 0 aromatic rings. The van der Waals surface area contributed by atoms with Crippen LogP contribution in [0.1, 0.15) is 0 Å². The molecule has 0 fully saturated rings. The first-order chi connectivity index (χ1) is 6.22. The van der Waals surface area contributed by atoms with Crippen LogP contribution in [0.25, 0.3) is 0 Å².